The van der Waals surface area contributed by atoms with Crippen LogP contribution in [0, 0.1) is 0 Å². The molecule has 2 rings (SSSR count). The Morgan fingerprint density at radius 3 is 2.61 bits per heavy atom. The second-order valence-electron chi connectivity index (χ2n) is 4.65. The molecule has 1 aromatic carbocycles. The third-order valence-corrected chi connectivity index (χ3v) is 3.41. The molecule has 1 atom stereocenters. The van der Waals surface area contributed by atoms with Crippen molar-refractivity contribution in [2.75, 3.05) is 6.54 Å². The van der Waals surface area contributed by atoms with Crippen molar-refractivity contribution in [3.63, 3.8) is 0 Å². The number of aromatic nitrogens is 1. The number of nitrogens with zero attached hydrogens (tertiary/aromatic N) is 1. The van der Waals surface area contributed by atoms with Crippen molar-refractivity contribution in [3.8, 4) is 11.3 Å². The molecule has 0 spiro atoms. The van der Waals surface area contributed by atoms with Crippen LogP contribution in [0.4, 0.5) is 0 Å². The summed E-state index contributed by atoms with van der Waals surface area (Å²) in [7, 11) is 0. The summed E-state index contributed by atoms with van der Waals surface area (Å²) in [5, 5.41) is 3.86. The highest BCUT2D eigenvalue weighted by Gasteiger charge is 2.10. The summed E-state index contributed by atoms with van der Waals surface area (Å²) in [6, 6.07) is 8.53. The zero-order valence-electron chi connectivity index (χ0n) is 11.0. The SMILES string of the molecule is CCC(C)c1ccc(-c2oncc2CCN)cc1. The zero-order chi connectivity index (χ0) is 13.0. The maximum Gasteiger partial charge on any atom is 0.170 e. The average Bonchev–Trinajstić information content (AvgIpc) is 2.87. The number of benzene rings is 1. The van der Waals surface area contributed by atoms with Gasteiger partial charge in [-0.1, -0.05) is 43.3 Å². The van der Waals surface area contributed by atoms with Gasteiger partial charge in [-0.25, -0.2) is 0 Å². The first-order chi connectivity index (χ1) is 8.76. The highest BCUT2D eigenvalue weighted by molar-refractivity contribution is 5.61. The topological polar surface area (TPSA) is 52.0 Å². The molecule has 0 radical (unpaired) electrons. The summed E-state index contributed by atoms with van der Waals surface area (Å²) >= 11 is 0. The van der Waals surface area contributed by atoms with Gasteiger partial charge in [0.2, 0.25) is 0 Å². The molecule has 1 unspecified atom stereocenters. The lowest BCUT2D eigenvalue weighted by molar-refractivity contribution is 0.431. The van der Waals surface area contributed by atoms with E-state index in [1.807, 2.05) is 0 Å². The van der Waals surface area contributed by atoms with E-state index in [0.29, 0.717) is 12.5 Å². The molecule has 1 aromatic heterocycles. The molecule has 0 bridgehead atoms. The van der Waals surface area contributed by atoms with Gasteiger partial charge < -0.3 is 10.3 Å². The van der Waals surface area contributed by atoms with Crippen LogP contribution in [0.5, 0.6) is 0 Å². The van der Waals surface area contributed by atoms with E-state index in [2.05, 4.69) is 43.3 Å². The summed E-state index contributed by atoms with van der Waals surface area (Å²) in [5.74, 6) is 1.44. The minimum absolute atomic E-state index is 0.595. The van der Waals surface area contributed by atoms with Gasteiger partial charge in [0.15, 0.2) is 5.76 Å². The fraction of sp³-hybridized carbons (Fsp3) is 0.400. The first-order valence-corrected chi connectivity index (χ1v) is 6.50. The number of rotatable bonds is 5. The molecule has 2 N–H and O–H groups in total. The standard InChI is InChI=1S/C15H20N2O/c1-3-11(2)12-4-6-13(7-5-12)15-14(8-9-16)10-17-18-15/h4-7,10-11H,3,8-9,16H2,1-2H3. The van der Waals surface area contributed by atoms with Crippen LogP contribution in [-0.2, 0) is 6.42 Å². The molecule has 18 heavy (non-hydrogen) atoms. The Bertz CT molecular complexity index is 487. The summed E-state index contributed by atoms with van der Waals surface area (Å²) in [6.07, 6.45) is 3.71. The van der Waals surface area contributed by atoms with Crippen LogP contribution in [0.25, 0.3) is 11.3 Å². The van der Waals surface area contributed by atoms with Crippen molar-refractivity contribution < 1.29 is 4.52 Å². The lowest BCUT2D eigenvalue weighted by Gasteiger charge is -2.09. The minimum Gasteiger partial charge on any atom is -0.356 e. The van der Waals surface area contributed by atoms with Crippen molar-refractivity contribution in [1.82, 2.24) is 5.16 Å². The smallest absolute Gasteiger partial charge is 0.170 e. The van der Waals surface area contributed by atoms with E-state index in [1.54, 1.807) is 6.20 Å². The Kier molecular flexibility index (Phi) is 4.15. The Morgan fingerprint density at radius 2 is 2.00 bits per heavy atom. The monoisotopic (exact) mass is 244 g/mol. The predicted octanol–water partition coefficient (Wildman–Crippen LogP) is 3.36. The summed E-state index contributed by atoms with van der Waals surface area (Å²) < 4.78 is 5.32. The van der Waals surface area contributed by atoms with Crippen LogP contribution in [0.1, 0.15) is 37.3 Å². The van der Waals surface area contributed by atoms with Gasteiger partial charge in [0, 0.05) is 11.1 Å². The van der Waals surface area contributed by atoms with Crippen molar-refractivity contribution in [2.45, 2.75) is 32.6 Å². The van der Waals surface area contributed by atoms with Crippen LogP contribution >= 0.6 is 0 Å². The van der Waals surface area contributed by atoms with Crippen LogP contribution in [-0.4, -0.2) is 11.7 Å². The molecule has 0 fully saturated rings. The van der Waals surface area contributed by atoms with Gasteiger partial charge in [-0.3, -0.25) is 0 Å². The van der Waals surface area contributed by atoms with Gasteiger partial charge in [0.05, 0.1) is 6.20 Å². The largest absolute Gasteiger partial charge is 0.356 e. The molecule has 0 aliphatic carbocycles. The molecule has 1 heterocycles. The van der Waals surface area contributed by atoms with Gasteiger partial charge >= 0.3 is 0 Å². The van der Waals surface area contributed by atoms with E-state index >= 15 is 0 Å². The maximum absolute atomic E-state index is 5.58. The second-order valence-corrected chi connectivity index (χ2v) is 4.65. The van der Waals surface area contributed by atoms with E-state index in [9.17, 15) is 0 Å². The minimum atomic E-state index is 0.595. The summed E-state index contributed by atoms with van der Waals surface area (Å²) in [4.78, 5) is 0. The molecule has 96 valence electrons. The first-order valence-electron chi connectivity index (χ1n) is 6.50. The summed E-state index contributed by atoms with van der Waals surface area (Å²) in [6.45, 7) is 5.05. The van der Waals surface area contributed by atoms with Crippen LogP contribution < -0.4 is 5.73 Å². The molecular formula is C15H20N2O. The van der Waals surface area contributed by atoms with Gasteiger partial charge in [-0.15, -0.1) is 0 Å². The zero-order valence-corrected chi connectivity index (χ0v) is 11.0. The Morgan fingerprint density at radius 1 is 1.28 bits per heavy atom. The molecule has 3 heteroatoms. The average molecular weight is 244 g/mol. The lowest BCUT2D eigenvalue weighted by Crippen LogP contribution is -2.02. The van der Waals surface area contributed by atoms with E-state index in [1.165, 1.54) is 5.56 Å². The van der Waals surface area contributed by atoms with Crippen molar-refractivity contribution in [2.24, 2.45) is 5.73 Å². The van der Waals surface area contributed by atoms with E-state index < -0.39 is 0 Å². The van der Waals surface area contributed by atoms with Crippen LogP contribution in [0.2, 0.25) is 0 Å². The molecule has 0 aliphatic heterocycles. The number of hydrogen-bond acceptors (Lipinski definition) is 3. The number of nitrogens with two attached hydrogens (primary N) is 1. The second kappa shape index (κ2) is 5.83. The van der Waals surface area contributed by atoms with Crippen molar-refractivity contribution in [1.29, 1.82) is 0 Å². The molecule has 2 aromatic rings. The van der Waals surface area contributed by atoms with Crippen molar-refractivity contribution >= 4 is 0 Å². The highest BCUT2D eigenvalue weighted by Crippen LogP contribution is 2.26. The fourth-order valence-electron chi connectivity index (χ4n) is 2.03. The van der Waals surface area contributed by atoms with E-state index in [0.717, 1.165) is 29.7 Å². The molecule has 0 saturated heterocycles. The van der Waals surface area contributed by atoms with Crippen LogP contribution in [0.3, 0.4) is 0 Å². The lowest BCUT2D eigenvalue weighted by atomic mass is 9.96. The third-order valence-electron chi connectivity index (χ3n) is 3.41. The summed E-state index contributed by atoms with van der Waals surface area (Å²) in [5.41, 5.74) is 9.09. The molecule has 3 nitrogen and oxygen atoms in total. The normalized spacial score (nSPS) is 12.6. The Hall–Kier alpha value is -1.61. The highest BCUT2D eigenvalue weighted by atomic mass is 16.5. The third kappa shape index (κ3) is 2.62. The van der Waals surface area contributed by atoms with Gasteiger partial charge in [0.25, 0.3) is 0 Å². The van der Waals surface area contributed by atoms with Gasteiger partial charge in [-0.05, 0) is 30.9 Å². The molecule has 0 saturated carbocycles. The Balaban J connectivity index is 2.26. The quantitative estimate of drug-likeness (QED) is 0.877. The maximum atomic E-state index is 5.58. The Labute approximate surface area is 108 Å². The first kappa shape index (κ1) is 12.8. The number of hydrogen-bond donors (Lipinski definition) is 1. The predicted molar refractivity (Wildman–Crippen MR) is 73.4 cm³/mol. The van der Waals surface area contributed by atoms with Crippen molar-refractivity contribution in [3.05, 3.63) is 41.6 Å². The van der Waals surface area contributed by atoms with E-state index in [-0.39, 0.29) is 0 Å². The molecule has 0 aliphatic rings. The van der Waals surface area contributed by atoms with Gasteiger partial charge in [0.1, 0.15) is 0 Å². The molecule has 0 amide bonds. The molecular weight excluding hydrogens is 224 g/mol. The van der Waals surface area contributed by atoms with Gasteiger partial charge in [-0.2, -0.15) is 0 Å². The van der Waals surface area contributed by atoms with E-state index in [4.69, 9.17) is 10.3 Å². The fourth-order valence-corrected chi connectivity index (χ4v) is 2.03. The van der Waals surface area contributed by atoms with Crippen LogP contribution in [0.15, 0.2) is 35.0 Å².